The van der Waals surface area contributed by atoms with Crippen LogP contribution in [0.4, 0.5) is 0 Å². The molecule has 0 fully saturated rings. The van der Waals surface area contributed by atoms with Crippen LogP contribution in [-0.4, -0.2) is 33.7 Å². The van der Waals surface area contributed by atoms with E-state index in [0.29, 0.717) is 0 Å². The number of carbonyl (C=O) groups excluding carboxylic acids is 3. The van der Waals surface area contributed by atoms with Gasteiger partial charge in [-0.15, -0.1) is 0 Å². The number of rotatable bonds is 6. The number of nitrogens with zero attached hydrogens (tertiary/aromatic N) is 2. The van der Waals surface area contributed by atoms with E-state index in [1.54, 1.807) is 13.8 Å². The zero-order valence-corrected chi connectivity index (χ0v) is 14.6. The first-order valence-corrected chi connectivity index (χ1v) is 8.17. The van der Waals surface area contributed by atoms with Gasteiger partial charge in [0.2, 0.25) is 5.91 Å². The van der Waals surface area contributed by atoms with Crippen molar-refractivity contribution in [2.45, 2.75) is 26.3 Å². The fourth-order valence-electron chi connectivity index (χ4n) is 2.22. The number of benzene rings is 1. The summed E-state index contributed by atoms with van der Waals surface area (Å²) < 4.78 is 0. The molecule has 3 amide bonds. The topological polar surface area (TPSA) is 113 Å². The number of hydrogen-bond donors (Lipinski definition) is 3. The van der Waals surface area contributed by atoms with Crippen molar-refractivity contribution in [1.82, 2.24) is 26.1 Å². The number of carbonyl (C=O) groups is 3. The fraction of sp³-hybridized carbons (Fsp3) is 0.278. The van der Waals surface area contributed by atoms with Gasteiger partial charge in [0, 0.05) is 12.4 Å². The largest absolute Gasteiger partial charge is 0.344 e. The van der Waals surface area contributed by atoms with Crippen LogP contribution in [0.15, 0.2) is 48.9 Å². The molecule has 136 valence electrons. The first kappa shape index (κ1) is 19.0. The van der Waals surface area contributed by atoms with Crippen molar-refractivity contribution in [3.63, 3.8) is 0 Å². The molecule has 26 heavy (non-hydrogen) atoms. The molecular formula is C18H21N5O3. The SMILES string of the molecule is CC(C)C(NC(=O)Cc1ccccc1)C(=O)NNC(=O)c1cnccn1. The molecule has 1 unspecified atom stereocenters. The summed E-state index contributed by atoms with van der Waals surface area (Å²) in [5.74, 6) is -1.54. The van der Waals surface area contributed by atoms with Crippen LogP contribution >= 0.6 is 0 Å². The van der Waals surface area contributed by atoms with E-state index in [0.717, 1.165) is 5.56 Å². The van der Waals surface area contributed by atoms with E-state index >= 15 is 0 Å². The van der Waals surface area contributed by atoms with E-state index in [1.165, 1.54) is 18.6 Å². The van der Waals surface area contributed by atoms with Crippen LogP contribution < -0.4 is 16.2 Å². The van der Waals surface area contributed by atoms with Gasteiger partial charge in [-0.3, -0.25) is 30.2 Å². The van der Waals surface area contributed by atoms with Crippen LogP contribution in [0.3, 0.4) is 0 Å². The summed E-state index contributed by atoms with van der Waals surface area (Å²) >= 11 is 0. The minimum absolute atomic E-state index is 0.0713. The minimum atomic E-state index is -0.784. The minimum Gasteiger partial charge on any atom is -0.344 e. The van der Waals surface area contributed by atoms with E-state index < -0.39 is 17.9 Å². The van der Waals surface area contributed by atoms with Gasteiger partial charge >= 0.3 is 0 Å². The molecule has 2 aromatic rings. The lowest BCUT2D eigenvalue weighted by Crippen LogP contribution is -2.54. The predicted octanol–water partition coefficient (Wildman–Crippen LogP) is 0.621. The first-order valence-electron chi connectivity index (χ1n) is 8.17. The highest BCUT2D eigenvalue weighted by atomic mass is 16.2. The highest BCUT2D eigenvalue weighted by Gasteiger charge is 2.24. The van der Waals surface area contributed by atoms with Crippen LogP contribution in [-0.2, 0) is 16.0 Å². The average Bonchev–Trinajstić information content (AvgIpc) is 2.65. The zero-order valence-electron chi connectivity index (χ0n) is 14.6. The Morgan fingerprint density at radius 3 is 2.38 bits per heavy atom. The molecule has 1 atom stereocenters. The van der Waals surface area contributed by atoms with E-state index in [2.05, 4.69) is 26.1 Å². The summed E-state index contributed by atoms with van der Waals surface area (Å²) in [5, 5.41) is 2.70. The molecule has 0 aliphatic carbocycles. The Hall–Kier alpha value is -3.29. The molecule has 3 N–H and O–H groups in total. The molecule has 0 aliphatic heterocycles. The third-order valence-corrected chi connectivity index (χ3v) is 3.57. The Labute approximate surface area is 151 Å². The standard InChI is InChI=1S/C18H21N5O3/c1-12(2)16(21-15(24)10-13-6-4-3-5-7-13)18(26)23-22-17(25)14-11-19-8-9-20-14/h3-9,11-12,16H,10H2,1-2H3,(H,21,24)(H,22,25)(H,23,26). The van der Waals surface area contributed by atoms with Crippen LogP contribution in [0.5, 0.6) is 0 Å². The summed E-state index contributed by atoms with van der Waals surface area (Å²) in [7, 11) is 0. The molecular weight excluding hydrogens is 334 g/mol. The lowest BCUT2D eigenvalue weighted by Gasteiger charge is -2.21. The normalized spacial score (nSPS) is 11.5. The van der Waals surface area contributed by atoms with E-state index in [9.17, 15) is 14.4 Å². The molecule has 0 radical (unpaired) electrons. The number of aromatic nitrogens is 2. The number of hydrazine groups is 1. The highest BCUT2D eigenvalue weighted by Crippen LogP contribution is 2.04. The van der Waals surface area contributed by atoms with E-state index in [-0.39, 0.29) is 23.9 Å². The van der Waals surface area contributed by atoms with Crippen LogP contribution in [0.1, 0.15) is 29.9 Å². The second-order valence-electron chi connectivity index (χ2n) is 5.99. The van der Waals surface area contributed by atoms with Gasteiger partial charge in [0.25, 0.3) is 11.8 Å². The lowest BCUT2D eigenvalue weighted by atomic mass is 10.0. The molecule has 1 heterocycles. The maximum Gasteiger partial charge on any atom is 0.289 e. The third-order valence-electron chi connectivity index (χ3n) is 3.57. The van der Waals surface area contributed by atoms with Crippen molar-refractivity contribution >= 4 is 17.7 Å². The Morgan fingerprint density at radius 2 is 1.77 bits per heavy atom. The van der Waals surface area contributed by atoms with Crippen LogP contribution in [0.25, 0.3) is 0 Å². The third kappa shape index (κ3) is 5.66. The van der Waals surface area contributed by atoms with Gasteiger partial charge in [-0.25, -0.2) is 4.98 Å². The Kier molecular flexibility index (Phi) is 6.78. The summed E-state index contributed by atoms with van der Waals surface area (Å²) in [6.45, 7) is 3.61. The Balaban J connectivity index is 1.90. The van der Waals surface area contributed by atoms with Crippen molar-refractivity contribution in [1.29, 1.82) is 0 Å². The second kappa shape index (κ2) is 9.26. The smallest absolute Gasteiger partial charge is 0.289 e. The predicted molar refractivity (Wildman–Crippen MR) is 94.6 cm³/mol. The van der Waals surface area contributed by atoms with Crippen molar-refractivity contribution < 1.29 is 14.4 Å². The van der Waals surface area contributed by atoms with Gasteiger partial charge in [-0.05, 0) is 11.5 Å². The maximum atomic E-state index is 12.3. The van der Waals surface area contributed by atoms with E-state index in [1.807, 2.05) is 30.3 Å². The maximum absolute atomic E-state index is 12.3. The molecule has 0 saturated carbocycles. The Morgan fingerprint density at radius 1 is 1.04 bits per heavy atom. The average molecular weight is 355 g/mol. The molecule has 8 nitrogen and oxygen atoms in total. The fourth-order valence-corrected chi connectivity index (χ4v) is 2.22. The molecule has 1 aromatic heterocycles. The van der Waals surface area contributed by atoms with Gasteiger partial charge in [-0.1, -0.05) is 44.2 Å². The van der Waals surface area contributed by atoms with Gasteiger partial charge in [0.1, 0.15) is 11.7 Å². The molecule has 0 bridgehead atoms. The zero-order chi connectivity index (χ0) is 18.9. The van der Waals surface area contributed by atoms with Crippen molar-refractivity contribution in [3.8, 4) is 0 Å². The molecule has 0 spiro atoms. The second-order valence-corrected chi connectivity index (χ2v) is 5.99. The monoisotopic (exact) mass is 355 g/mol. The Bertz CT molecular complexity index is 750. The lowest BCUT2D eigenvalue weighted by molar-refractivity contribution is -0.130. The van der Waals surface area contributed by atoms with E-state index in [4.69, 9.17) is 0 Å². The van der Waals surface area contributed by atoms with Gasteiger partial charge in [0.15, 0.2) is 0 Å². The first-order chi connectivity index (χ1) is 12.5. The molecule has 0 saturated heterocycles. The quantitative estimate of drug-likeness (QED) is 0.658. The molecule has 0 aliphatic rings. The van der Waals surface area contributed by atoms with Gasteiger partial charge < -0.3 is 5.32 Å². The summed E-state index contributed by atoms with van der Waals surface area (Å²) in [4.78, 5) is 44.0. The molecule has 8 heteroatoms. The van der Waals surface area contributed by atoms with Gasteiger partial charge in [0.05, 0.1) is 12.6 Å². The van der Waals surface area contributed by atoms with Crippen molar-refractivity contribution in [2.24, 2.45) is 5.92 Å². The molecule has 1 aromatic carbocycles. The number of amides is 3. The summed E-state index contributed by atoms with van der Waals surface area (Å²) in [6.07, 6.45) is 4.26. The van der Waals surface area contributed by atoms with Gasteiger partial charge in [-0.2, -0.15) is 0 Å². The van der Waals surface area contributed by atoms with Crippen LogP contribution in [0.2, 0.25) is 0 Å². The number of hydrogen-bond acceptors (Lipinski definition) is 5. The molecule has 2 rings (SSSR count). The van der Waals surface area contributed by atoms with Crippen LogP contribution in [0, 0.1) is 5.92 Å². The summed E-state index contributed by atoms with van der Waals surface area (Å²) in [5.41, 5.74) is 5.50. The highest BCUT2D eigenvalue weighted by molar-refractivity contribution is 5.94. The van der Waals surface area contributed by atoms with Crippen molar-refractivity contribution in [2.75, 3.05) is 0 Å². The number of nitrogens with one attached hydrogen (secondary N) is 3. The summed E-state index contributed by atoms with van der Waals surface area (Å²) in [6, 6.07) is 8.45. The van der Waals surface area contributed by atoms with Crippen molar-refractivity contribution in [3.05, 3.63) is 60.2 Å².